The van der Waals surface area contributed by atoms with Gasteiger partial charge < -0.3 is 15.2 Å². The topological polar surface area (TPSA) is 75.6 Å². The quantitative estimate of drug-likeness (QED) is 0.580. The molecular weight excluding hydrogens is 397 g/mol. The Hall–Kier alpha value is -3.67. The Bertz CT molecular complexity index is 1050. The summed E-state index contributed by atoms with van der Waals surface area (Å²) in [6.07, 6.45) is -0.208. The third-order valence-electron chi connectivity index (χ3n) is 5.57. The van der Waals surface area contributed by atoms with E-state index in [9.17, 15) is 19.1 Å². The predicted octanol–water partition coefficient (Wildman–Crippen LogP) is 4.75. The number of benzene rings is 3. The fourth-order valence-corrected chi connectivity index (χ4v) is 4.00. The zero-order valence-corrected chi connectivity index (χ0v) is 16.8. The molecule has 0 radical (unpaired) electrons. The number of nitrogens with one attached hydrogen (secondary N) is 1. The van der Waals surface area contributed by atoms with Gasteiger partial charge in [0.1, 0.15) is 18.5 Å². The largest absolute Gasteiger partial charge is 0.480 e. The van der Waals surface area contributed by atoms with E-state index in [1.807, 2.05) is 48.5 Å². The molecule has 31 heavy (non-hydrogen) atoms. The summed E-state index contributed by atoms with van der Waals surface area (Å²) in [6, 6.07) is 20.7. The lowest BCUT2D eigenvalue weighted by Crippen LogP contribution is -2.41. The van der Waals surface area contributed by atoms with Gasteiger partial charge in [-0.2, -0.15) is 0 Å². The average Bonchev–Trinajstić information content (AvgIpc) is 3.10. The number of ether oxygens (including phenoxy) is 1. The summed E-state index contributed by atoms with van der Waals surface area (Å²) in [6.45, 7) is 0.115. The molecule has 0 saturated heterocycles. The maximum absolute atomic E-state index is 13.0. The van der Waals surface area contributed by atoms with E-state index in [2.05, 4.69) is 5.32 Å². The van der Waals surface area contributed by atoms with E-state index in [0.717, 1.165) is 27.8 Å². The Kier molecular flexibility index (Phi) is 5.98. The van der Waals surface area contributed by atoms with E-state index < -0.39 is 18.1 Å². The molecule has 3 aromatic rings. The molecule has 6 heteroatoms. The fourth-order valence-electron chi connectivity index (χ4n) is 4.00. The number of alkyl carbamates (subject to hydrolysis) is 1. The summed E-state index contributed by atoms with van der Waals surface area (Å²) in [4.78, 5) is 23.9. The molecule has 0 bridgehead atoms. The first-order valence-electron chi connectivity index (χ1n) is 10.1. The number of hydrogen-bond acceptors (Lipinski definition) is 3. The Labute approximate surface area is 179 Å². The molecule has 0 aromatic heterocycles. The first-order chi connectivity index (χ1) is 15.0. The van der Waals surface area contributed by atoms with Crippen LogP contribution in [0.1, 0.15) is 29.0 Å². The molecule has 158 valence electrons. The van der Waals surface area contributed by atoms with Gasteiger partial charge in [-0.25, -0.2) is 14.0 Å². The maximum atomic E-state index is 13.0. The standard InChI is InChI=1S/C25H22FNO4/c26-17-12-9-16(10-13-17)11-14-23(24(28)29)27-25(30)31-15-22-20-7-3-1-5-18(20)19-6-2-4-8-21(19)22/h1-10,12-13,22-23H,11,14-15H2,(H,27,30)(H,28,29). The van der Waals surface area contributed by atoms with Gasteiger partial charge in [-0.3, -0.25) is 0 Å². The van der Waals surface area contributed by atoms with Crippen LogP contribution in [0, 0.1) is 5.82 Å². The molecule has 3 aromatic carbocycles. The van der Waals surface area contributed by atoms with Crippen molar-refractivity contribution in [2.24, 2.45) is 0 Å². The van der Waals surface area contributed by atoms with Crippen molar-refractivity contribution >= 4 is 12.1 Å². The molecule has 5 nitrogen and oxygen atoms in total. The number of carboxylic acid groups (broad SMARTS) is 1. The molecular formula is C25H22FNO4. The molecule has 0 heterocycles. The van der Waals surface area contributed by atoms with Crippen molar-refractivity contribution in [3.05, 3.63) is 95.3 Å². The van der Waals surface area contributed by atoms with Crippen molar-refractivity contribution in [1.82, 2.24) is 5.32 Å². The number of hydrogen-bond donors (Lipinski definition) is 2. The number of rotatable bonds is 7. The van der Waals surface area contributed by atoms with E-state index in [4.69, 9.17) is 4.74 Å². The number of carboxylic acids is 1. The lowest BCUT2D eigenvalue weighted by atomic mass is 9.98. The van der Waals surface area contributed by atoms with Crippen LogP contribution < -0.4 is 5.32 Å². The summed E-state index contributed by atoms with van der Waals surface area (Å²) in [5.74, 6) is -1.59. The molecule has 1 aliphatic rings. The van der Waals surface area contributed by atoms with E-state index in [-0.39, 0.29) is 24.8 Å². The van der Waals surface area contributed by atoms with Gasteiger partial charge in [-0.05, 0) is 52.8 Å². The van der Waals surface area contributed by atoms with E-state index in [1.54, 1.807) is 12.1 Å². The summed E-state index contributed by atoms with van der Waals surface area (Å²) < 4.78 is 18.4. The normalized spacial score (nSPS) is 13.2. The number of halogens is 1. The van der Waals surface area contributed by atoms with Crippen LogP contribution in [-0.4, -0.2) is 29.8 Å². The summed E-state index contributed by atoms with van der Waals surface area (Å²) in [7, 11) is 0. The number of aliphatic carboxylic acids is 1. The Balaban J connectivity index is 1.38. The minimum Gasteiger partial charge on any atom is -0.480 e. The van der Waals surface area contributed by atoms with Gasteiger partial charge in [0.25, 0.3) is 0 Å². The van der Waals surface area contributed by atoms with Crippen LogP contribution in [0.4, 0.5) is 9.18 Å². The van der Waals surface area contributed by atoms with E-state index in [1.165, 1.54) is 12.1 Å². The molecule has 1 atom stereocenters. The second kappa shape index (κ2) is 9.00. The highest BCUT2D eigenvalue weighted by Crippen LogP contribution is 2.44. The van der Waals surface area contributed by atoms with Crippen LogP contribution in [0.15, 0.2) is 72.8 Å². The smallest absolute Gasteiger partial charge is 0.407 e. The monoisotopic (exact) mass is 419 g/mol. The van der Waals surface area contributed by atoms with Crippen molar-refractivity contribution in [3.63, 3.8) is 0 Å². The average molecular weight is 419 g/mol. The minimum atomic E-state index is -1.14. The lowest BCUT2D eigenvalue weighted by Gasteiger charge is -2.17. The number of carbonyl (C=O) groups is 2. The zero-order chi connectivity index (χ0) is 21.8. The zero-order valence-electron chi connectivity index (χ0n) is 16.8. The van der Waals surface area contributed by atoms with Gasteiger partial charge in [0.05, 0.1) is 0 Å². The van der Waals surface area contributed by atoms with Crippen LogP contribution >= 0.6 is 0 Å². The van der Waals surface area contributed by atoms with Crippen molar-refractivity contribution < 1.29 is 23.8 Å². The Morgan fingerprint density at radius 1 is 0.935 bits per heavy atom. The highest BCUT2D eigenvalue weighted by Gasteiger charge is 2.29. The fraction of sp³-hybridized carbons (Fsp3) is 0.200. The van der Waals surface area contributed by atoms with Crippen LogP contribution in [0.5, 0.6) is 0 Å². The van der Waals surface area contributed by atoms with E-state index in [0.29, 0.717) is 6.42 Å². The van der Waals surface area contributed by atoms with Gasteiger partial charge in [-0.15, -0.1) is 0 Å². The Morgan fingerprint density at radius 2 is 1.52 bits per heavy atom. The van der Waals surface area contributed by atoms with E-state index >= 15 is 0 Å². The highest BCUT2D eigenvalue weighted by atomic mass is 19.1. The molecule has 1 aliphatic carbocycles. The molecule has 4 rings (SSSR count). The minimum absolute atomic E-state index is 0.0966. The van der Waals surface area contributed by atoms with Crippen molar-refractivity contribution in [2.75, 3.05) is 6.61 Å². The number of carbonyl (C=O) groups excluding carboxylic acids is 1. The van der Waals surface area contributed by atoms with Crippen LogP contribution in [0.3, 0.4) is 0 Å². The molecule has 0 fully saturated rings. The third kappa shape index (κ3) is 4.58. The Morgan fingerprint density at radius 3 is 2.10 bits per heavy atom. The SMILES string of the molecule is O=C(NC(CCc1ccc(F)cc1)C(=O)O)OCC1c2ccccc2-c2ccccc21. The predicted molar refractivity (Wildman–Crippen MR) is 114 cm³/mol. The highest BCUT2D eigenvalue weighted by molar-refractivity contribution is 5.81. The summed E-state index contributed by atoms with van der Waals surface area (Å²) in [5, 5.41) is 11.9. The van der Waals surface area contributed by atoms with Crippen molar-refractivity contribution in [1.29, 1.82) is 0 Å². The van der Waals surface area contributed by atoms with Crippen LogP contribution in [0.2, 0.25) is 0 Å². The molecule has 0 spiro atoms. The maximum Gasteiger partial charge on any atom is 0.407 e. The second-order valence-corrected chi connectivity index (χ2v) is 7.53. The molecule has 0 aliphatic heterocycles. The van der Waals surface area contributed by atoms with Crippen LogP contribution in [0.25, 0.3) is 11.1 Å². The van der Waals surface area contributed by atoms with Crippen LogP contribution in [-0.2, 0) is 16.0 Å². The lowest BCUT2D eigenvalue weighted by molar-refractivity contribution is -0.139. The van der Waals surface area contributed by atoms with Gasteiger partial charge >= 0.3 is 12.1 Å². The molecule has 1 unspecified atom stereocenters. The summed E-state index contributed by atoms with van der Waals surface area (Å²) in [5.41, 5.74) is 5.21. The molecule has 0 saturated carbocycles. The van der Waals surface area contributed by atoms with Gasteiger partial charge in [-0.1, -0.05) is 60.7 Å². The first kappa shape index (κ1) is 20.6. The van der Waals surface area contributed by atoms with Crippen molar-refractivity contribution in [2.45, 2.75) is 24.8 Å². The number of amides is 1. The number of fused-ring (bicyclic) bond motifs is 3. The van der Waals surface area contributed by atoms with Gasteiger partial charge in [0.2, 0.25) is 0 Å². The third-order valence-corrected chi connectivity index (χ3v) is 5.57. The number of aryl methyl sites for hydroxylation is 1. The van der Waals surface area contributed by atoms with Crippen molar-refractivity contribution in [3.8, 4) is 11.1 Å². The van der Waals surface area contributed by atoms with Gasteiger partial charge in [0.15, 0.2) is 0 Å². The summed E-state index contributed by atoms with van der Waals surface area (Å²) >= 11 is 0. The second-order valence-electron chi connectivity index (χ2n) is 7.53. The first-order valence-corrected chi connectivity index (χ1v) is 10.1. The molecule has 2 N–H and O–H groups in total. The van der Waals surface area contributed by atoms with Gasteiger partial charge in [0, 0.05) is 5.92 Å². The molecule has 1 amide bonds.